The molecule has 2 aliphatic rings. The molecule has 1 aromatic rings. The zero-order valence-corrected chi connectivity index (χ0v) is 9.89. The maximum Gasteiger partial charge on any atom is 0.255 e. The number of nitrogens with zero attached hydrogens (tertiary/aromatic N) is 2. The maximum atomic E-state index is 5.70. The minimum atomic E-state index is -0.0317. The van der Waals surface area contributed by atoms with Crippen LogP contribution < -0.4 is 5.32 Å². The van der Waals surface area contributed by atoms with Gasteiger partial charge in [0.25, 0.3) is 5.89 Å². The molecule has 0 amide bonds. The third-order valence-electron chi connectivity index (χ3n) is 3.20. The fourth-order valence-electron chi connectivity index (χ4n) is 2.24. The minimum absolute atomic E-state index is 0.0317. The van der Waals surface area contributed by atoms with E-state index in [0.29, 0.717) is 18.3 Å². The second-order valence-electron chi connectivity index (χ2n) is 4.59. The Morgan fingerprint density at radius 3 is 3.00 bits per heavy atom. The van der Waals surface area contributed by atoms with Gasteiger partial charge in [-0.25, -0.2) is 0 Å². The van der Waals surface area contributed by atoms with Crippen molar-refractivity contribution < 1.29 is 14.0 Å². The van der Waals surface area contributed by atoms with Crippen molar-refractivity contribution in [2.75, 3.05) is 19.8 Å². The van der Waals surface area contributed by atoms with Gasteiger partial charge in [-0.1, -0.05) is 5.16 Å². The molecule has 17 heavy (non-hydrogen) atoms. The maximum absolute atomic E-state index is 5.70. The van der Waals surface area contributed by atoms with Gasteiger partial charge in [-0.15, -0.1) is 0 Å². The second-order valence-corrected chi connectivity index (χ2v) is 4.59. The molecule has 0 radical (unpaired) electrons. The average molecular weight is 239 g/mol. The van der Waals surface area contributed by atoms with E-state index in [1.165, 1.54) is 0 Å². The van der Waals surface area contributed by atoms with Crippen LogP contribution in [0, 0.1) is 0 Å². The van der Waals surface area contributed by atoms with E-state index in [0.717, 1.165) is 26.0 Å². The standard InChI is InChI=1S/C11H17N3O3/c1-7-2-3-9(16-7)11-13-10(14-17-11)8-6-15-5-4-12-8/h7-9,12H,2-6H2,1H3. The van der Waals surface area contributed by atoms with Crippen molar-refractivity contribution in [2.24, 2.45) is 0 Å². The Hall–Kier alpha value is -0.980. The summed E-state index contributed by atoms with van der Waals surface area (Å²) in [5.41, 5.74) is 0. The third kappa shape index (κ3) is 2.34. The number of hydrogen-bond acceptors (Lipinski definition) is 6. The minimum Gasteiger partial charge on any atom is -0.378 e. The summed E-state index contributed by atoms with van der Waals surface area (Å²) in [6.07, 6.45) is 2.26. The summed E-state index contributed by atoms with van der Waals surface area (Å²) < 4.78 is 16.3. The molecule has 0 aromatic carbocycles. The average Bonchev–Trinajstić information content (AvgIpc) is 2.98. The Bertz CT molecular complexity index is 357. The molecule has 0 saturated carbocycles. The van der Waals surface area contributed by atoms with Crippen LogP contribution in [0.3, 0.4) is 0 Å². The van der Waals surface area contributed by atoms with E-state index in [1.807, 2.05) is 0 Å². The fraction of sp³-hybridized carbons (Fsp3) is 0.818. The summed E-state index contributed by atoms with van der Waals surface area (Å²) in [6, 6.07) is 0.0417. The van der Waals surface area contributed by atoms with Crippen molar-refractivity contribution in [3.8, 4) is 0 Å². The molecular weight excluding hydrogens is 222 g/mol. The fourth-order valence-corrected chi connectivity index (χ4v) is 2.24. The van der Waals surface area contributed by atoms with Crippen molar-refractivity contribution in [1.29, 1.82) is 0 Å². The highest BCUT2D eigenvalue weighted by molar-refractivity contribution is 4.98. The highest BCUT2D eigenvalue weighted by Crippen LogP contribution is 2.31. The van der Waals surface area contributed by atoms with Gasteiger partial charge in [0.1, 0.15) is 6.10 Å². The summed E-state index contributed by atoms with van der Waals surface area (Å²) in [4.78, 5) is 4.41. The van der Waals surface area contributed by atoms with E-state index in [2.05, 4.69) is 22.4 Å². The lowest BCUT2D eigenvalue weighted by molar-refractivity contribution is 0.0355. The van der Waals surface area contributed by atoms with E-state index >= 15 is 0 Å². The van der Waals surface area contributed by atoms with Crippen LogP contribution in [-0.4, -0.2) is 36.0 Å². The van der Waals surface area contributed by atoms with Gasteiger partial charge in [0.15, 0.2) is 5.82 Å². The van der Waals surface area contributed by atoms with E-state index in [9.17, 15) is 0 Å². The number of morpholine rings is 1. The van der Waals surface area contributed by atoms with Crippen LogP contribution in [0.25, 0.3) is 0 Å². The van der Waals surface area contributed by atoms with E-state index in [-0.39, 0.29) is 18.2 Å². The van der Waals surface area contributed by atoms with Crippen molar-refractivity contribution in [3.05, 3.63) is 11.7 Å². The van der Waals surface area contributed by atoms with Crippen molar-refractivity contribution in [3.63, 3.8) is 0 Å². The lowest BCUT2D eigenvalue weighted by Crippen LogP contribution is -2.35. The molecule has 6 heteroatoms. The molecule has 94 valence electrons. The highest BCUT2D eigenvalue weighted by atomic mass is 16.5. The largest absolute Gasteiger partial charge is 0.378 e. The predicted molar refractivity (Wildman–Crippen MR) is 58.4 cm³/mol. The quantitative estimate of drug-likeness (QED) is 0.829. The molecule has 3 atom stereocenters. The molecule has 0 spiro atoms. The highest BCUT2D eigenvalue weighted by Gasteiger charge is 2.29. The Balaban J connectivity index is 1.69. The van der Waals surface area contributed by atoms with E-state index in [4.69, 9.17) is 14.0 Å². The first-order valence-electron chi connectivity index (χ1n) is 6.13. The Labute approximate surface area is 99.7 Å². The molecule has 2 fully saturated rings. The number of rotatable bonds is 2. The van der Waals surface area contributed by atoms with Crippen LogP contribution in [0.1, 0.15) is 43.6 Å². The van der Waals surface area contributed by atoms with Gasteiger partial charge in [-0.3, -0.25) is 0 Å². The SMILES string of the molecule is CC1CCC(c2nc(C3COCCN3)no2)O1. The summed E-state index contributed by atoms with van der Waals surface area (Å²) >= 11 is 0. The zero-order chi connectivity index (χ0) is 11.7. The van der Waals surface area contributed by atoms with Crippen LogP contribution >= 0.6 is 0 Å². The van der Waals surface area contributed by atoms with Crippen molar-refractivity contribution >= 4 is 0 Å². The van der Waals surface area contributed by atoms with Gasteiger partial charge >= 0.3 is 0 Å². The molecule has 3 unspecified atom stereocenters. The number of aromatic nitrogens is 2. The summed E-state index contributed by atoms with van der Waals surface area (Å²) in [5.74, 6) is 1.26. The number of ether oxygens (including phenoxy) is 2. The van der Waals surface area contributed by atoms with Crippen LogP contribution in [0.5, 0.6) is 0 Å². The lowest BCUT2D eigenvalue weighted by Gasteiger charge is -2.20. The van der Waals surface area contributed by atoms with Gasteiger partial charge in [0.2, 0.25) is 0 Å². The third-order valence-corrected chi connectivity index (χ3v) is 3.20. The monoisotopic (exact) mass is 239 g/mol. The Kier molecular flexibility index (Phi) is 3.09. The molecule has 6 nitrogen and oxygen atoms in total. The number of hydrogen-bond donors (Lipinski definition) is 1. The molecular formula is C11H17N3O3. The van der Waals surface area contributed by atoms with Gasteiger partial charge < -0.3 is 19.3 Å². The van der Waals surface area contributed by atoms with Gasteiger partial charge in [0, 0.05) is 6.54 Å². The first kappa shape index (κ1) is 11.1. The molecule has 1 aromatic heterocycles. The number of nitrogens with one attached hydrogen (secondary N) is 1. The van der Waals surface area contributed by atoms with E-state index < -0.39 is 0 Å². The first-order chi connectivity index (χ1) is 8.33. The van der Waals surface area contributed by atoms with Gasteiger partial charge in [-0.2, -0.15) is 4.98 Å². The molecule has 2 aliphatic heterocycles. The van der Waals surface area contributed by atoms with Crippen molar-refractivity contribution in [1.82, 2.24) is 15.5 Å². The summed E-state index contributed by atoms with van der Waals surface area (Å²) in [6.45, 7) is 4.23. The molecule has 3 heterocycles. The van der Waals surface area contributed by atoms with Crippen LogP contribution in [-0.2, 0) is 9.47 Å². The van der Waals surface area contributed by atoms with Crippen LogP contribution in [0.15, 0.2) is 4.52 Å². The summed E-state index contributed by atoms with van der Waals surface area (Å²) in [5, 5.41) is 7.30. The van der Waals surface area contributed by atoms with Gasteiger partial charge in [-0.05, 0) is 19.8 Å². The predicted octanol–water partition coefficient (Wildman–Crippen LogP) is 0.970. The normalized spacial score (nSPS) is 34.1. The molecule has 1 N–H and O–H groups in total. The Morgan fingerprint density at radius 1 is 1.35 bits per heavy atom. The molecule has 2 saturated heterocycles. The van der Waals surface area contributed by atoms with Crippen LogP contribution in [0.2, 0.25) is 0 Å². The van der Waals surface area contributed by atoms with Crippen LogP contribution in [0.4, 0.5) is 0 Å². The topological polar surface area (TPSA) is 69.4 Å². The summed E-state index contributed by atoms with van der Waals surface area (Å²) in [7, 11) is 0. The smallest absolute Gasteiger partial charge is 0.255 e. The molecule has 0 bridgehead atoms. The lowest BCUT2D eigenvalue weighted by atomic mass is 10.2. The second kappa shape index (κ2) is 4.72. The molecule has 0 aliphatic carbocycles. The first-order valence-corrected chi connectivity index (χ1v) is 6.13. The van der Waals surface area contributed by atoms with Crippen molar-refractivity contribution in [2.45, 2.75) is 38.0 Å². The zero-order valence-electron chi connectivity index (χ0n) is 9.89. The van der Waals surface area contributed by atoms with Gasteiger partial charge in [0.05, 0.1) is 25.4 Å². The van der Waals surface area contributed by atoms with E-state index in [1.54, 1.807) is 0 Å². The Morgan fingerprint density at radius 2 is 2.29 bits per heavy atom. The molecule has 3 rings (SSSR count).